The fourth-order valence-electron chi connectivity index (χ4n) is 2.95. The van der Waals surface area contributed by atoms with Gasteiger partial charge < -0.3 is 10.2 Å². The van der Waals surface area contributed by atoms with Crippen LogP contribution in [0, 0.1) is 5.82 Å². The standard InChI is InChI=1S/C19H18ClFN2O2/c1-2-9-23-17-7-5-14(10-12(17)4-8-18(23)24)22-19(25)13-3-6-16(21)15(20)11-13/h3,5-7,10-11H,2,4,8-9H2,1H3,(H,22,25). The minimum Gasteiger partial charge on any atom is -0.322 e. The van der Waals surface area contributed by atoms with Gasteiger partial charge in [0.1, 0.15) is 5.82 Å². The summed E-state index contributed by atoms with van der Waals surface area (Å²) in [7, 11) is 0. The maximum atomic E-state index is 13.2. The van der Waals surface area contributed by atoms with Crippen LogP contribution in [0.15, 0.2) is 36.4 Å². The summed E-state index contributed by atoms with van der Waals surface area (Å²) in [4.78, 5) is 26.2. The van der Waals surface area contributed by atoms with Crippen molar-refractivity contribution in [3.05, 3.63) is 58.4 Å². The molecule has 1 N–H and O–H groups in total. The predicted octanol–water partition coefficient (Wildman–Crippen LogP) is 4.42. The minimum absolute atomic E-state index is 0.0909. The number of nitrogens with one attached hydrogen (secondary N) is 1. The van der Waals surface area contributed by atoms with Gasteiger partial charge in [0.05, 0.1) is 5.02 Å². The fraction of sp³-hybridized carbons (Fsp3) is 0.263. The van der Waals surface area contributed by atoms with E-state index in [4.69, 9.17) is 11.6 Å². The number of nitrogens with zero attached hydrogens (tertiary/aromatic N) is 1. The molecule has 2 amide bonds. The van der Waals surface area contributed by atoms with Gasteiger partial charge in [0.25, 0.3) is 5.91 Å². The van der Waals surface area contributed by atoms with E-state index in [1.807, 2.05) is 19.1 Å². The average molecular weight is 361 g/mol. The van der Waals surface area contributed by atoms with Crippen molar-refractivity contribution in [1.82, 2.24) is 0 Å². The summed E-state index contributed by atoms with van der Waals surface area (Å²) in [6.07, 6.45) is 2.01. The third kappa shape index (κ3) is 3.66. The number of rotatable bonds is 4. The van der Waals surface area contributed by atoms with Gasteiger partial charge in [-0.25, -0.2) is 4.39 Å². The van der Waals surface area contributed by atoms with Gasteiger partial charge in [-0.1, -0.05) is 18.5 Å². The lowest BCUT2D eigenvalue weighted by Crippen LogP contribution is -2.35. The van der Waals surface area contributed by atoms with Crippen molar-refractivity contribution >= 4 is 34.8 Å². The van der Waals surface area contributed by atoms with E-state index in [1.54, 1.807) is 11.0 Å². The maximum absolute atomic E-state index is 13.2. The summed E-state index contributed by atoms with van der Waals surface area (Å²) in [6, 6.07) is 9.35. The van der Waals surface area contributed by atoms with Crippen LogP contribution in [-0.2, 0) is 11.2 Å². The first-order valence-electron chi connectivity index (χ1n) is 8.19. The topological polar surface area (TPSA) is 49.4 Å². The predicted molar refractivity (Wildman–Crippen MR) is 96.8 cm³/mol. The molecule has 0 aliphatic carbocycles. The zero-order valence-electron chi connectivity index (χ0n) is 13.8. The Hall–Kier alpha value is -2.40. The molecule has 0 saturated heterocycles. The smallest absolute Gasteiger partial charge is 0.255 e. The molecule has 1 aliphatic rings. The maximum Gasteiger partial charge on any atom is 0.255 e. The van der Waals surface area contributed by atoms with E-state index in [0.717, 1.165) is 17.7 Å². The SMILES string of the molecule is CCCN1C(=O)CCc2cc(NC(=O)c3ccc(F)c(Cl)c3)ccc21. The molecule has 0 atom stereocenters. The Bertz CT molecular complexity index is 838. The van der Waals surface area contributed by atoms with Gasteiger partial charge >= 0.3 is 0 Å². The number of amides is 2. The number of anilines is 2. The number of halogens is 2. The molecule has 4 nitrogen and oxygen atoms in total. The van der Waals surface area contributed by atoms with Crippen LogP contribution in [0.5, 0.6) is 0 Å². The molecule has 0 bridgehead atoms. The molecule has 0 aromatic heterocycles. The van der Waals surface area contributed by atoms with Crippen LogP contribution in [-0.4, -0.2) is 18.4 Å². The molecule has 0 fully saturated rings. The fourth-order valence-corrected chi connectivity index (χ4v) is 3.13. The lowest BCUT2D eigenvalue weighted by atomic mass is 10.00. The number of fused-ring (bicyclic) bond motifs is 1. The number of aryl methyl sites for hydroxylation is 1. The summed E-state index contributed by atoms with van der Waals surface area (Å²) in [5, 5.41) is 2.70. The quantitative estimate of drug-likeness (QED) is 0.877. The Morgan fingerprint density at radius 2 is 2.04 bits per heavy atom. The lowest BCUT2D eigenvalue weighted by Gasteiger charge is -2.29. The van der Waals surface area contributed by atoms with E-state index in [0.29, 0.717) is 25.1 Å². The third-order valence-corrected chi connectivity index (χ3v) is 4.46. The van der Waals surface area contributed by atoms with Crippen LogP contribution in [0.2, 0.25) is 5.02 Å². The highest BCUT2D eigenvalue weighted by Gasteiger charge is 2.23. The molecule has 0 unspecified atom stereocenters. The van der Waals surface area contributed by atoms with Crippen molar-refractivity contribution in [1.29, 1.82) is 0 Å². The molecular formula is C19H18ClFN2O2. The van der Waals surface area contributed by atoms with E-state index >= 15 is 0 Å². The molecule has 6 heteroatoms. The monoisotopic (exact) mass is 360 g/mol. The van der Waals surface area contributed by atoms with Gasteiger partial charge in [-0.2, -0.15) is 0 Å². The molecule has 2 aromatic carbocycles. The second-order valence-corrected chi connectivity index (χ2v) is 6.38. The number of hydrogen-bond acceptors (Lipinski definition) is 2. The van der Waals surface area contributed by atoms with Crippen molar-refractivity contribution in [3.8, 4) is 0 Å². The second kappa shape index (κ2) is 7.23. The highest BCUT2D eigenvalue weighted by Crippen LogP contribution is 2.30. The van der Waals surface area contributed by atoms with E-state index in [1.165, 1.54) is 18.2 Å². The zero-order valence-corrected chi connectivity index (χ0v) is 14.6. The Labute approximate surface area is 150 Å². The number of carbonyl (C=O) groups is 2. The number of carbonyl (C=O) groups excluding carboxylic acids is 2. The molecule has 3 rings (SSSR count). The van der Waals surface area contributed by atoms with Gasteiger partial charge in [-0.05, 0) is 54.8 Å². The van der Waals surface area contributed by atoms with E-state index in [-0.39, 0.29) is 22.4 Å². The highest BCUT2D eigenvalue weighted by molar-refractivity contribution is 6.31. The van der Waals surface area contributed by atoms with Crippen molar-refractivity contribution in [2.75, 3.05) is 16.8 Å². The lowest BCUT2D eigenvalue weighted by molar-refractivity contribution is -0.118. The minimum atomic E-state index is -0.562. The summed E-state index contributed by atoms with van der Waals surface area (Å²) >= 11 is 5.72. The Morgan fingerprint density at radius 1 is 1.24 bits per heavy atom. The Balaban J connectivity index is 1.81. The van der Waals surface area contributed by atoms with Crippen LogP contribution in [0.3, 0.4) is 0 Å². The first-order valence-corrected chi connectivity index (χ1v) is 8.57. The van der Waals surface area contributed by atoms with E-state index in [2.05, 4.69) is 5.32 Å². The summed E-state index contributed by atoms with van der Waals surface area (Å²) in [5.74, 6) is -0.793. The summed E-state index contributed by atoms with van der Waals surface area (Å²) in [6.45, 7) is 2.72. The molecule has 25 heavy (non-hydrogen) atoms. The van der Waals surface area contributed by atoms with Crippen molar-refractivity contribution < 1.29 is 14.0 Å². The van der Waals surface area contributed by atoms with Crippen LogP contribution < -0.4 is 10.2 Å². The van der Waals surface area contributed by atoms with Gasteiger partial charge in [-0.3, -0.25) is 9.59 Å². The van der Waals surface area contributed by atoms with E-state index < -0.39 is 5.82 Å². The van der Waals surface area contributed by atoms with Crippen molar-refractivity contribution in [2.24, 2.45) is 0 Å². The normalized spacial score (nSPS) is 13.6. The molecule has 0 radical (unpaired) electrons. The third-order valence-electron chi connectivity index (χ3n) is 4.17. The van der Waals surface area contributed by atoms with Crippen LogP contribution in [0.25, 0.3) is 0 Å². The molecule has 0 spiro atoms. The first kappa shape index (κ1) is 17.4. The highest BCUT2D eigenvalue weighted by atomic mass is 35.5. The summed E-state index contributed by atoms with van der Waals surface area (Å²) in [5.41, 5.74) is 2.85. The second-order valence-electron chi connectivity index (χ2n) is 5.97. The summed E-state index contributed by atoms with van der Waals surface area (Å²) < 4.78 is 13.2. The Kier molecular flexibility index (Phi) is 5.04. The molecule has 130 valence electrons. The largest absolute Gasteiger partial charge is 0.322 e. The number of hydrogen-bond donors (Lipinski definition) is 1. The Morgan fingerprint density at radius 3 is 2.76 bits per heavy atom. The van der Waals surface area contributed by atoms with Crippen molar-refractivity contribution in [2.45, 2.75) is 26.2 Å². The zero-order chi connectivity index (χ0) is 18.0. The number of benzene rings is 2. The van der Waals surface area contributed by atoms with E-state index in [9.17, 15) is 14.0 Å². The molecule has 1 aliphatic heterocycles. The van der Waals surface area contributed by atoms with Crippen LogP contribution in [0.4, 0.5) is 15.8 Å². The molecule has 2 aromatic rings. The van der Waals surface area contributed by atoms with Gasteiger partial charge in [0.15, 0.2) is 0 Å². The van der Waals surface area contributed by atoms with Gasteiger partial charge in [0.2, 0.25) is 5.91 Å². The van der Waals surface area contributed by atoms with Crippen LogP contribution in [0.1, 0.15) is 35.7 Å². The molecule has 1 heterocycles. The molecular weight excluding hydrogens is 343 g/mol. The van der Waals surface area contributed by atoms with Crippen LogP contribution >= 0.6 is 11.6 Å². The van der Waals surface area contributed by atoms with Crippen molar-refractivity contribution in [3.63, 3.8) is 0 Å². The van der Waals surface area contributed by atoms with Gasteiger partial charge in [0, 0.05) is 29.9 Å². The van der Waals surface area contributed by atoms with Gasteiger partial charge in [-0.15, -0.1) is 0 Å². The first-order chi connectivity index (χ1) is 12.0. The molecule has 0 saturated carbocycles. The average Bonchev–Trinajstić information content (AvgIpc) is 2.60.